The number of furan rings is 1. The van der Waals surface area contributed by atoms with Gasteiger partial charge in [-0.3, -0.25) is 0 Å². The molecule has 0 fully saturated rings. The summed E-state index contributed by atoms with van der Waals surface area (Å²) in [7, 11) is 0. The SMILES string of the molecule is c1ccc(-c2cc(-c3nc(-c4ccc5ccccc5c4)nc(-c4ccnc5oc6ccccc6c45)n3)cc3ccccc23)cc1. The number of nitrogens with zero attached hydrogens (tertiary/aromatic N) is 4. The molecule has 3 aromatic heterocycles. The predicted octanol–water partition coefficient (Wildman–Crippen LogP) is 10.1. The number of aromatic nitrogens is 4. The second kappa shape index (κ2) is 10.2. The maximum absolute atomic E-state index is 6.12. The lowest BCUT2D eigenvalue weighted by atomic mass is 9.95. The van der Waals surface area contributed by atoms with E-state index >= 15 is 0 Å². The number of hydrogen-bond acceptors (Lipinski definition) is 5. The van der Waals surface area contributed by atoms with Crippen molar-refractivity contribution in [2.75, 3.05) is 0 Å². The summed E-state index contributed by atoms with van der Waals surface area (Å²) in [5.41, 5.74) is 6.29. The summed E-state index contributed by atoms with van der Waals surface area (Å²) < 4.78 is 6.12. The first kappa shape index (κ1) is 25.3. The van der Waals surface area contributed by atoms with E-state index in [1.54, 1.807) is 6.20 Å². The molecule has 3 heterocycles. The van der Waals surface area contributed by atoms with Crippen LogP contribution in [0.25, 0.3) is 88.9 Å². The van der Waals surface area contributed by atoms with Crippen molar-refractivity contribution in [3.8, 4) is 45.3 Å². The highest BCUT2D eigenvalue weighted by atomic mass is 16.3. The molecule has 0 aliphatic carbocycles. The average Bonchev–Trinajstić information content (AvgIpc) is 3.50. The fraction of sp³-hybridized carbons (Fsp3) is 0. The van der Waals surface area contributed by atoms with Gasteiger partial charge in [0.2, 0.25) is 5.71 Å². The van der Waals surface area contributed by atoms with Gasteiger partial charge < -0.3 is 4.42 Å². The molecule has 45 heavy (non-hydrogen) atoms. The first-order valence-electron chi connectivity index (χ1n) is 14.9. The van der Waals surface area contributed by atoms with Crippen LogP contribution in [0.4, 0.5) is 0 Å². The van der Waals surface area contributed by atoms with E-state index in [0.29, 0.717) is 23.2 Å². The van der Waals surface area contributed by atoms with Crippen molar-refractivity contribution < 1.29 is 4.42 Å². The van der Waals surface area contributed by atoms with E-state index in [9.17, 15) is 0 Å². The Morgan fingerprint density at radius 2 is 1.09 bits per heavy atom. The largest absolute Gasteiger partial charge is 0.438 e. The number of pyridine rings is 1. The third-order valence-electron chi connectivity index (χ3n) is 8.37. The van der Waals surface area contributed by atoms with Crippen molar-refractivity contribution >= 4 is 43.6 Å². The molecule has 9 aromatic rings. The molecule has 6 aromatic carbocycles. The summed E-state index contributed by atoms with van der Waals surface area (Å²) in [6.07, 6.45) is 1.75. The van der Waals surface area contributed by atoms with Crippen molar-refractivity contribution in [1.29, 1.82) is 0 Å². The molecule has 0 aliphatic heterocycles. The van der Waals surface area contributed by atoms with Gasteiger partial charge in [-0.05, 0) is 63.0 Å². The number of fused-ring (bicyclic) bond motifs is 5. The number of rotatable bonds is 4. The van der Waals surface area contributed by atoms with Gasteiger partial charge in [-0.2, -0.15) is 0 Å². The molecule has 0 N–H and O–H groups in total. The smallest absolute Gasteiger partial charge is 0.228 e. The van der Waals surface area contributed by atoms with Crippen LogP contribution >= 0.6 is 0 Å². The van der Waals surface area contributed by atoms with Gasteiger partial charge in [0.05, 0.1) is 5.39 Å². The van der Waals surface area contributed by atoms with Gasteiger partial charge >= 0.3 is 0 Å². The molecule has 9 rings (SSSR count). The zero-order valence-electron chi connectivity index (χ0n) is 24.1. The highest BCUT2D eigenvalue weighted by molar-refractivity contribution is 6.10. The lowest BCUT2D eigenvalue weighted by Gasteiger charge is -2.13. The Morgan fingerprint density at radius 3 is 1.96 bits per heavy atom. The van der Waals surface area contributed by atoms with Gasteiger partial charge in [0.25, 0.3) is 0 Å². The van der Waals surface area contributed by atoms with Gasteiger partial charge in [0.15, 0.2) is 17.5 Å². The van der Waals surface area contributed by atoms with E-state index in [0.717, 1.165) is 54.9 Å². The molecule has 5 nitrogen and oxygen atoms in total. The summed E-state index contributed by atoms with van der Waals surface area (Å²) in [4.78, 5) is 19.9. The van der Waals surface area contributed by atoms with Crippen molar-refractivity contribution in [3.63, 3.8) is 0 Å². The van der Waals surface area contributed by atoms with Crippen molar-refractivity contribution in [2.24, 2.45) is 0 Å². The predicted molar refractivity (Wildman–Crippen MR) is 182 cm³/mol. The van der Waals surface area contributed by atoms with Gasteiger partial charge in [-0.1, -0.05) is 109 Å². The van der Waals surface area contributed by atoms with E-state index in [-0.39, 0.29) is 0 Å². The molecule has 0 bridgehead atoms. The van der Waals surface area contributed by atoms with Crippen LogP contribution in [-0.4, -0.2) is 19.9 Å². The summed E-state index contributed by atoms with van der Waals surface area (Å²) in [6, 6.07) is 47.9. The average molecular weight is 577 g/mol. The number of benzene rings is 6. The third kappa shape index (κ3) is 4.33. The number of hydrogen-bond donors (Lipinski definition) is 0. The Hall–Kier alpha value is -6.20. The van der Waals surface area contributed by atoms with Gasteiger partial charge in [0.1, 0.15) is 5.58 Å². The van der Waals surface area contributed by atoms with E-state index in [1.165, 1.54) is 10.8 Å². The van der Waals surface area contributed by atoms with Crippen molar-refractivity contribution in [1.82, 2.24) is 19.9 Å². The summed E-state index contributed by atoms with van der Waals surface area (Å²) >= 11 is 0. The van der Waals surface area contributed by atoms with Crippen LogP contribution in [0.3, 0.4) is 0 Å². The van der Waals surface area contributed by atoms with Crippen LogP contribution in [-0.2, 0) is 0 Å². The molecular weight excluding hydrogens is 552 g/mol. The normalized spacial score (nSPS) is 11.6. The highest BCUT2D eigenvalue weighted by Crippen LogP contribution is 2.37. The summed E-state index contributed by atoms with van der Waals surface area (Å²) in [5.74, 6) is 1.77. The molecule has 0 spiro atoms. The topological polar surface area (TPSA) is 64.7 Å². The van der Waals surface area contributed by atoms with E-state index in [1.807, 2.05) is 42.5 Å². The highest BCUT2D eigenvalue weighted by Gasteiger charge is 2.19. The third-order valence-corrected chi connectivity index (χ3v) is 8.37. The minimum Gasteiger partial charge on any atom is -0.438 e. The standard InChI is InChI=1S/C40H24N4O/c1-2-11-26(12-3-1)34-24-30(23-28-14-6-7-15-31(28)34)38-42-37(29-19-18-25-10-4-5-13-27(25)22-29)43-39(44-38)33-20-21-41-40-36(33)32-16-8-9-17-35(32)45-40/h1-24H. The zero-order chi connectivity index (χ0) is 29.7. The fourth-order valence-corrected chi connectivity index (χ4v) is 6.21. The Morgan fingerprint density at radius 1 is 0.422 bits per heavy atom. The van der Waals surface area contributed by atoms with Crippen LogP contribution in [0.5, 0.6) is 0 Å². The minimum absolute atomic E-state index is 0.556. The summed E-state index contributed by atoms with van der Waals surface area (Å²) in [5, 5.41) is 6.45. The lowest BCUT2D eigenvalue weighted by Crippen LogP contribution is -2.01. The lowest BCUT2D eigenvalue weighted by molar-refractivity contribution is 0.654. The second-order valence-electron chi connectivity index (χ2n) is 11.1. The van der Waals surface area contributed by atoms with E-state index in [2.05, 4.69) is 102 Å². The Bertz CT molecular complexity index is 2550. The molecular formula is C40H24N4O. The van der Waals surface area contributed by atoms with E-state index in [4.69, 9.17) is 19.4 Å². The maximum atomic E-state index is 6.12. The van der Waals surface area contributed by atoms with Crippen LogP contribution in [0.2, 0.25) is 0 Å². The van der Waals surface area contributed by atoms with Crippen LogP contribution < -0.4 is 0 Å². The number of para-hydroxylation sites is 1. The van der Waals surface area contributed by atoms with Crippen molar-refractivity contribution in [3.05, 3.63) is 146 Å². The van der Waals surface area contributed by atoms with E-state index < -0.39 is 0 Å². The van der Waals surface area contributed by atoms with Crippen LogP contribution in [0.1, 0.15) is 0 Å². The molecule has 0 saturated heterocycles. The van der Waals surface area contributed by atoms with Crippen molar-refractivity contribution in [2.45, 2.75) is 0 Å². The first-order chi connectivity index (χ1) is 22.3. The monoisotopic (exact) mass is 576 g/mol. The van der Waals surface area contributed by atoms with Crippen LogP contribution in [0.15, 0.2) is 150 Å². The molecule has 0 saturated carbocycles. The molecule has 210 valence electrons. The molecule has 0 aliphatic rings. The first-order valence-corrected chi connectivity index (χ1v) is 14.9. The fourth-order valence-electron chi connectivity index (χ4n) is 6.21. The Balaban J connectivity index is 1.33. The second-order valence-corrected chi connectivity index (χ2v) is 11.1. The van der Waals surface area contributed by atoms with Gasteiger partial charge in [-0.15, -0.1) is 0 Å². The molecule has 0 radical (unpaired) electrons. The Kier molecular flexibility index (Phi) is 5.74. The summed E-state index contributed by atoms with van der Waals surface area (Å²) in [6.45, 7) is 0. The molecule has 5 heteroatoms. The minimum atomic E-state index is 0.556. The molecule has 0 amide bonds. The Labute approximate surface area is 258 Å². The maximum Gasteiger partial charge on any atom is 0.228 e. The van der Waals surface area contributed by atoms with Gasteiger partial charge in [-0.25, -0.2) is 19.9 Å². The zero-order valence-corrected chi connectivity index (χ0v) is 24.1. The molecule has 0 atom stereocenters. The molecule has 0 unspecified atom stereocenters. The quantitative estimate of drug-likeness (QED) is 0.209. The van der Waals surface area contributed by atoms with Gasteiger partial charge in [0, 0.05) is 28.3 Å². The van der Waals surface area contributed by atoms with Crippen LogP contribution in [0, 0.1) is 0 Å².